The molecule has 0 fully saturated rings. The van der Waals surface area contributed by atoms with Gasteiger partial charge in [-0.05, 0) is 42.8 Å². The summed E-state index contributed by atoms with van der Waals surface area (Å²) in [6.45, 7) is 1.87. The van der Waals surface area contributed by atoms with Crippen LogP contribution in [-0.4, -0.2) is 28.6 Å². The first-order chi connectivity index (χ1) is 13.2. The molecule has 1 atom stereocenters. The monoisotopic (exact) mass is 392 g/mol. The molecule has 0 saturated heterocycles. The maximum Gasteiger partial charge on any atom is 0.416 e. The zero-order valence-electron chi connectivity index (χ0n) is 14.6. The molecule has 0 spiro atoms. The Bertz CT molecular complexity index is 929. The van der Waals surface area contributed by atoms with E-state index in [-0.39, 0.29) is 12.2 Å². The van der Waals surface area contributed by atoms with Crippen LogP contribution in [0.5, 0.6) is 0 Å². The van der Waals surface area contributed by atoms with Gasteiger partial charge in [-0.2, -0.15) is 18.3 Å². The predicted octanol–water partition coefficient (Wildman–Crippen LogP) is 3.71. The van der Waals surface area contributed by atoms with Crippen LogP contribution in [0.3, 0.4) is 0 Å². The molecule has 1 unspecified atom stereocenters. The summed E-state index contributed by atoms with van der Waals surface area (Å²) in [4.78, 5) is 23.6. The molecule has 0 aliphatic carbocycles. The maximum absolute atomic E-state index is 12.7. The number of carbonyl (C=O) groups excluding carboxylic acids is 1. The van der Waals surface area contributed by atoms with Crippen molar-refractivity contribution in [2.45, 2.75) is 25.8 Å². The topological polar surface area (TPSA) is 79.0 Å². The molecule has 0 amide bonds. The van der Waals surface area contributed by atoms with Crippen LogP contribution in [0.4, 0.5) is 24.5 Å². The van der Waals surface area contributed by atoms with Gasteiger partial charge in [0.2, 0.25) is 0 Å². The van der Waals surface area contributed by atoms with Crippen LogP contribution in [0.2, 0.25) is 0 Å². The van der Waals surface area contributed by atoms with Crippen molar-refractivity contribution in [3.8, 4) is 0 Å². The molecule has 0 bridgehead atoms. The third kappa shape index (κ3) is 3.80. The lowest BCUT2D eigenvalue weighted by atomic mass is 10.1. The number of carbonyl (C=O) groups is 1. The zero-order chi connectivity index (χ0) is 20.5. The number of nitro benzene ring substituents is 1. The van der Waals surface area contributed by atoms with Crippen molar-refractivity contribution in [2.24, 2.45) is 5.10 Å². The Hall–Kier alpha value is -3.43. The van der Waals surface area contributed by atoms with Gasteiger partial charge in [0, 0.05) is 18.2 Å². The van der Waals surface area contributed by atoms with Crippen molar-refractivity contribution in [2.75, 3.05) is 5.01 Å². The number of hydrogen-bond acceptors (Lipinski definition) is 6. The molecule has 2 aromatic carbocycles. The molecular weight excluding hydrogens is 377 g/mol. The molecule has 0 aromatic heterocycles. The summed E-state index contributed by atoms with van der Waals surface area (Å²) in [5, 5.41) is 16.3. The number of alkyl halides is 3. The highest BCUT2D eigenvalue weighted by Crippen LogP contribution is 2.32. The van der Waals surface area contributed by atoms with Crippen molar-refractivity contribution in [1.82, 2.24) is 4.90 Å². The first-order valence-electron chi connectivity index (χ1n) is 8.16. The molecule has 28 heavy (non-hydrogen) atoms. The van der Waals surface area contributed by atoms with Crippen molar-refractivity contribution < 1.29 is 22.9 Å². The van der Waals surface area contributed by atoms with Crippen molar-refractivity contribution >= 4 is 24.0 Å². The van der Waals surface area contributed by atoms with E-state index < -0.39 is 22.8 Å². The van der Waals surface area contributed by atoms with E-state index in [0.717, 1.165) is 17.7 Å². The minimum Gasteiger partial charge on any atom is -0.329 e. The van der Waals surface area contributed by atoms with E-state index >= 15 is 0 Å². The van der Waals surface area contributed by atoms with Gasteiger partial charge >= 0.3 is 6.18 Å². The number of hydrazone groups is 1. The smallest absolute Gasteiger partial charge is 0.329 e. The quantitative estimate of drug-likeness (QED) is 0.440. The Kier molecular flexibility index (Phi) is 5.04. The standard InChI is InChI=1S/C18H15F3N4O3/c1-12-8-13(2-7-16(12)25(27)28)9-23-11-22-24(17(23)10-26)15-5-3-14(4-6-15)18(19,20)21/h2-8,10-11,17H,9H2,1H3. The molecule has 0 radical (unpaired) electrons. The lowest BCUT2D eigenvalue weighted by Crippen LogP contribution is -2.40. The number of anilines is 1. The van der Waals surface area contributed by atoms with Gasteiger partial charge in [-0.1, -0.05) is 6.07 Å². The number of halogens is 3. The molecule has 1 aliphatic rings. The van der Waals surface area contributed by atoms with Gasteiger partial charge in [-0.3, -0.25) is 14.9 Å². The fraction of sp³-hybridized carbons (Fsp3) is 0.222. The Labute approximate surface area is 157 Å². The van der Waals surface area contributed by atoms with Gasteiger partial charge in [-0.15, -0.1) is 0 Å². The average Bonchev–Trinajstić information content (AvgIpc) is 3.03. The number of benzene rings is 2. The molecule has 10 heteroatoms. The minimum atomic E-state index is -4.45. The van der Waals surface area contributed by atoms with Gasteiger partial charge < -0.3 is 4.90 Å². The number of aldehydes is 1. The Morgan fingerprint density at radius 3 is 2.43 bits per heavy atom. The number of nitro groups is 1. The van der Waals surface area contributed by atoms with Gasteiger partial charge in [0.25, 0.3) is 5.69 Å². The first kappa shape index (κ1) is 19.3. The predicted molar refractivity (Wildman–Crippen MR) is 95.6 cm³/mol. The van der Waals surface area contributed by atoms with Crippen LogP contribution in [0.1, 0.15) is 16.7 Å². The largest absolute Gasteiger partial charge is 0.416 e. The van der Waals surface area contributed by atoms with Crippen molar-refractivity contribution in [3.63, 3.8) is 0 Å². The third-order valence-electron chi connectivity index (χ3n) is 4.32. The summed E-state index contributed by atoms with van der Waals surface area (Å²) in [5.74, 6) is 0. The Balaban J connectivity index is 1.77. The Morgan fingerprint density at radius 1 is 1.21 bits per heavy atom. The van der Waals surface area contributed by atoms with E-state index in [1.807, 2.05) is 0 Å². The van der Waals surface area contributed by atoms with E-state index in [4.69, 9.17) is 0 Å². The van der Waals surface area contributed by atoms with Gasteiger partial charge in [0.05, 0.1) is 16.2 Å². The number of rotatable bonds is 5. The van der Waals surface area contributed by atoms with E-state index in [2.05, 4.69) is 5.10 Å². The van der Waals surface area contributed by atoms with Crippen LogP contribution in [0.15, 0.2) is 47.6 Å². The summed E-state index contributed by atoms with van der Waals surface area (Å²) >= 11 is 0. The highest BCUT2D eigenvalue weighted by Gasteiger charge is 2.32. The molecule has 0 saturated carbocycles. The molecule has 146 valence electrons. The highest BCUT2D eigenvalue weighted by molar-refractivity contribution is 5.76. The fourth-order valence-corrected chi connectivity index (χ4v) is 2.92. The molecule has 2 aromatic rings. The second-order valence-electron chi connectivity index (χ2n) is 6.22. The number of nitrogens with zero attached hydrogens (tertiary/aromatic N) is 4. The van der Waals surface area contributed by atoms with E-state index in [9.17, 15) is 28.1 Å². The van der Waals surface area contributed by atoms with E-state index in [1.165, 1.54) is 29.5 Å². The van der Waals surface area contributed by atoms with Crippen molar-refractivity contribution in [3.05, 3.63) is 69.3 Å². The SMILES string of the molecule is Cc1cc(CN2C=NN(c3ccc(C(F)(F)F)cc3)C2C=O)ccc1[N+](=O)[O-]. The van der Waals surface area contributed by atoms with Crippen LogP contribution in [0.25, 0.3) is 0 Å². The summed E-state index contributed by atoms with van der Waals surface area (Å²) in [7, 11) is 0. The summed E-state index contributed by atoms with van der Waals surface area (Å²) in [6, 6.07) is 8.97. The number of hydrogen-bond donors (Lipinski definition) is 0. The molecule has 0 N–H and O–H groups in total. The molecule has 1 heterocycles. The lowest BCUT2D eigenvalue weighted by molar-refractivity contribution is -0.385. The summed E-state index contributed by atoms with van der Waals surface area (Å²) in [5.41, 5.74) is 0.762. The minimum absolute atomic E-state index is 0.00263. The lowest BCUT2D eigenvalue weighted by Gasteiger charge is -2.26. The summed E-state index contributed by atoms with van der Waals surface area (Å²) in [6.07, 6.45) is -3.25. The van der Waals surface area contributed by atoms with Gasteiger partial charge in [0.1, 0.15) is 6.34 Å². The molecule has 1 aliphatic heterocycles. The van der Waals surface area contributed by atoms with Crippen LogP contribution >= 0.6 is 0 Å². The van der Waals surface area contributed by atoms with Crippen LogP contribution in [-0.2, 0) is 17.5 Å². The number of aryl methyl sites for hydroxylation is 1. The van der Waals surface area contributed by atoms with Crippen LogP contribution < -0.4 is 5.01 Å². The fourth-order valence-electron chi connectivity index (χ4n) is 2.92. The molecular formula is C18H15F3N4O3. The highest BCUT2D eigenvalue weighted by atomic mass is 19.4. The third-order valence-corrected chi connectivity index (χ3v) is 4.32. The van der Waals surface area contributed by atoms with Gasteiger partial charge in [0.15, 0.2) is 12.5 Å². The van der Waals surface area contributed by atoms with Gasteiger partial charge in [-0.25, -0.2) is 5.01 Å². The zero-order valence-corrected chi connectivity index (χ0v) is 14.6. The second kappa shape index (κ2) is 7.29. The molecule has 3 rings (SSSR count). The molecule has 7 nitrogen and oxygen atoms in total. The summed E-state index contributed by atoms with van der Waals surface area (Å²) < 4.78 is 38.1. The van der Waals surface area contributed by atoms with E-state index in [1.54, 1.807) is 24.0 Å². The first-order valence-corrected chi connectivity index (χ1v) is 8.16. The maximum atomic E-state index is 12.7. The average molecular weight is 392 g/mol. The second-order valence-corrected chi connectivity index (χ2v) is 6.22. The normalized spacial score (nSPS) is 16.5. The van der Waals surface area contributed by atoms with Crippen molar-refractivity contribution in [1.29, 1.82) is 0 Å². The van der Waals surface area contributed by atoms with E-state index in [0.29, 0.717) is 17.5 Å². The Morgan fingerprint density at radius 2 is 1.89 bits per heavy atom. The van der Waals surface area contributed by atoms with Crippen LogP contribution in [0, 0.1) is 17.0 Å².